The lowest BCUT2D eigenvalue weighted by Crippen LogP contribution is -2.01. The summed E-state index contributed by atoms with van der Waals surface area (Å²) in [6.07, 6.45) is 5.28. The van der Waals surface area contributed by atoms with Crippen molar-refractivity contribution in [3.8, 4) is 0 Å². The lowest BCUT2D eigenvalue weighted by atomic mass is 10.1. The van der Waals surface area contributed by atoms with Crippen molar-refractivity contribution in [1.29, 1.82) is 0 Å². The van der Waals surface area contributed by atoms with E-state index >= 15 is 0 Å². The highest BCUT2D eigenvalue weighted by atomic mass is 79.9. The summed E-state index contributed by atoms with van der Waals surface area (Å²) in [5.41, 5.74) is 3.43. The molecular formula is C19H14BrNO2. The van der Waals surface area contributed by atoms with Gasteiger partial charge in [-0.3, -0.25) is 0 Å². The minimum Gasteiger partial charge on any atom is -0.403 e. The molecule has 1 aliphatic heterocycles. The Morgan fingerprint density at radius 2 is 1.61 bits per heavy atom. The Morgan fingerprint density at radius 1 is 0.957 bits per heavy atom. The zero-order valence-electron chi connectivity index (χ0n) is 12.5. The third kappa shape index (κ3) is 4.05. The van der Waals surface area contributed by atoms with Gasteiger partial charge in [-0.1, -0.05) is 57.9 Å². The number of benzene rings is 2. The van der Waals surface area contributed by atoms with Gasteiger partial charge in [0.15, 0.2) is 5.70 Å². The highest BCUT2D eigenvalue weighted by Gasteiger charge is 2.20. The molecule has 0 aromatic heterocycles. The first-order valence-corrected chi connectivity index (χ1v) is 7.92. The van der Waals surface area contributed by atoms with Gasteiger partial charge in [-0.2, -0.15) is 0 Å². The van der Waals surface area contributed by atoms with E-state index in [2.05, 4.69) is 20.9 Å². The Hall–Kier alpha value is -2.46. The smallest absolute Gasteiger partial charge is 0.363 e. The first-order valence-electron chi connectivity index (χ1n) is 7.13. The van der Waals surface area contributed by atoms with Gasteiger partial charge in [0.25, 0.3) is 0 Å². The Balaban J connectivity index is 1.78. The SMILES string of the molecule is Cc1ccc(/C=C/C2=NC(=C/c3ccc(Br)cc3)/C(=O)O2)cc1. The van der Waals surface area contributed by atoms with Gasteiger partial charge >= 0.3 is 5.97 Å². The summed E-state index contributed by atoms with van der Waals surface area (Å²) in [7, 11) is 0. The number of aryl methyl sites for hydroxylation is 1. The van der Waals surface area contributed by atoms with Gasteiger partial charge in [0.1, 0.15) is 0 Å². The van der Waals surface area contributed by atoms with Crippen LogP contribution in [0, 0.1) is 6.92 Å². The summed E-state index contributed by atoms with van der Waals surface area (Å²) >= 11 is 3.38. The van der Waals surface area contributed by atoms with E-state index in [4.69, 9.17) is 4.74 Å². The zero-order chi connectivity index (χ0) is 16.2. The lowest BCUT2D eigenvalue weighted by molar-refractivity contribution is -0.129. The number of cyclic esters (lactones) is 1. The highest BCUT2D eigenvalue weighted by molar-refractivity contribution is 9.10. The third-order valence-electron chi connectivity index (χ3n) is 3.31. The number of halogens is 1. The molecule has 1 aliphatic rings. The molecule has 0 saturated heterocycles. The maximum absolute atomic E-state index is 11.9. The van der Waals surface area contributed by atoms with Crippen molar-refractivity contribution in [2.24, 2.45) is 4.99 Å². The molecule has 0 fully saturated rings. The lowest BCUT2D eigenvalue weighted by Gasteiger charge is -1.95. The van der Waals surface area contributed by atoms with Crippen LogP contribution in [0.4, 0.5) is 0 Å². The molecule has 3 nitrogen and oxygen atoms in total. The Morgan fingerprint density at radius 3 is 2.30 bits per heavy atom. The van der Waals surface area contributed by atoms with E-state index in [0.717, 1.165) is 15.6 Å². The van der Waals surface area contributed by atoms with E-state index in [0.29, 0.717) is 11.6 Å². The monoisotopic (exact) mass is 367 g/mol. The Labute approximate surface area is 143 Å². The number of rotatable bonds is 3. The summed E-state index contributed by atoms with van der Waals surface area (Å²) in [6, 6.07) is 15.7. The number of ether oxygens (including phenoxy) is 1. The molecule has 0 N–H and O–H groups in total. The average molecular weight is 368 g/mol. The minimum absolute atomic E-state index is 0.302. The van der Waals surface area contributed by atoms with Crippen LogP contribution in [-0.4, -0.2) is 11.9 Å². The number of esters is 1. The van der Waals surface area contributed by atoms with E-state index in [1.54, 1.807) is 12.2 Å². The largest absolute Gasteiger partial charge is 0.403 e. The molecule has 0 atom stereocenters. The second kappa shape index (κ2) is 6.75. The van der Waals surface area contributed by atoms with Crippen LogP contribution >= 0.6 is 15.9 Å². The molecule has 0 radical (unpaired) electrons. The van der Waals surface area contributed by atoms with Gasteiger partial charge in [-0.25, -0.2) is 9.79 Å². The van der Waals surface area contributed by atoms with Gasteiger partial charge in [0.2, 0.25) is 5.90 Å². The molecule has 0 unspecified atom stereocenters. The van der Waals surface area contributed by atoms with Crippen molar-refractivity contribution in [3.05, 3.63) is 81.5 Å². The molecule has 1 heterocycles. The molecule has 114 valence electrons. The van der Waals surface area contributed by atoms with E-state index in [1.807, 2.05) is 61.5 Å². The number of carbonyl (C=O) groups excluding carboxylic acids is 1. The van der Waals surface area contributed by atoms with Crippen molar-refractivity contribution >= 4 is 39.9 Å². The van der Waals surface area contributed by atoms with Crippen LogP contribution in [0.1, 0.15) is 16.7 Å². The maximum Gasteiger partial charge on any atom is 0.363 e. The summed E-state index contributed by atoms with van der Waals surface area (Å²) < 4.78 is 6.15. The standard InChI is InChI=1S/C19H14BrNO2/c1-13-2-4-14(5-3-13)8-11-18-21-17(19(22)23-18)12-15-6-9-16(20)10-7-15/h2-12H,1H3/b11-8+,17-12+. The number of hydrogen-bond donors (Lipinski definition) is 0. The first kappa shape index (κ1) is 15.4. The molecule has 2 aromatic carbocycles. The van der Waals surface area contributed by atoms with Crippen molar-refractivity contribution in [3.63, 3.8) is 0 Å². The molecule has 3 rings (SSSR count). The van der Waals surface area contributed by atoms with E-state index in [-0.39, 0.29) is 0 Å². The molecule has 0 spiro atoms. The number of carbonyl (C=O) groups is 1. The fourth-order valence-corrected chi connectivity index (χ4v) is 2.32. The molecule has 23 heavy (non-hydrogen) atoms. The highest BCUT2D eigenvalue weighted by Crippen LogP contribution is 2.18. The van der Waals surface area contributed by atoms with Crippen LogP contribution in [0.15, 0.2) is 69.8 Å². The van der Waals surface area contributed by atoms with Crippen LogP contribution in [0.2, 0.25) is 0 Å². The number of nitrogens with zero attached hydrogens (tertiary/aromatic N) is 1. The first-order chi connectivity index (χ1) is 11.1. The van der Waals surface area contributed by atoms with Crippen LogP contribution < -0.4 is 0 Å². The van der Waals surface area contributed by atoms with Crippen LogP contribution in [0.25, 0.3) is 12.2 Å². The van der Waals surface area contributed by atoms with Gasteiger partial charge < -0.3 is 4.74 Å². The van der Waals surface area contributed by atoms with Crippen molar-refractivity contribution in [2.45, 2.75) is 6.92 Å². The van der Waals surface area contributed by atoms with E-state index in [1.165, 1.54) is 5.56 Å². The second-order valence-electron chi connectivity index (χ2n) is 5.16. The van der Waals surface area contributed by atoms with Crippen molar-refractivity contribution in [1.82, 2.24) is 0 Å². The number of hydrogen-bond acceptors (Lipinski definition) is 3. The zero-order valence-corrected chi connectivity index (χ0v) is 14.1. The fourth-order valence-electron chi connectivity index (χ4n) is 2.06. The predicted octanol–water partition coefficient (Wildman–Crippen LogP) is 4.77. The molecule has 0 amide bonds. The van der Waals surface area contributed by atoms with Crippen molar-refractivity contribution in [2.75, 3.05) is 0 Å². The topological polar surface area (TPSA) is 38.7 Å². The van der Waals surface area contributed by atoms with Crippen molar-refractivity contribution < 1.29 is 9.53 Å². The summed E-state index contributed by atoms with van der Waals surface area (Å²) in [5.74, 6) is -0.129. The van der Waals surface area contributed by atoms with Crippen LogP contribution in [0.5, 0.6) is 0 Å². The molecule has 0 saturated carbocycles. The summed E-state index contributed by atoms with van der Waals surface area (Å²) in [6.45, 7) is 2.04. The third-order valence-corrected chi connectivity index (χ3v) is 3.83. The van der Waals surface area contributed by atoms with E-state index in [9.17, 15) is 4.79 Å². The Bertz CT molecular complexity index is 815. The second-order valence-corrected chi connectivity index (χ2v) is 6.08. The van der Waals surface area contributed by atoms with Gasteiger partial charge in [0, 0.05) is 10.5 Å². The quantitative estimate of drug-likeness (QED) is 0.578. The van der Waals surface area contributed by atoms with Crippen LogP contribution in [0.3, 0.4) is 0 Å². The molecule has 0 aliphatic carbocycles. The molecule has 2 aromatic rings. The minimum atomic E-state index is -0.434. The molecular weight excluding hydrogens is 354 g/mol. The van der Waals surface area contributed by atoms with Gasteiger partial charge in [-0.05, 0) is 42.3 Å². The Kier molecular flexibility index (Phi) is 4.53. The average Bonchev–Trinajstić information content (AvgIpc) is 2.89. The summed E-state index contributed by atoms with van der Waals surface area (Å²) in [4.78, 5) is 16.1. The summed E-state index contributed by atoms with van der Waals surface area (Å²) in [5, 5.41) is 0. The van der Waals surface area contributed by atoms with Gasteiger partial charge in [0.05, 0.1) is 0 Å². The number of aliphatic imine (C=N–C) groups is 1. The fraction of sp³-hybridized carbons (Fsp3) is 0.0526. The van der Waals surface area contributed by atoms with Gasteiger partial charge in [-0.15, -0.1) is 0 Å². The van der Waals surface area contributed by atoms with E-state index < -0.39 is 5.97 Å². The molecule has 4 heteroatoms. The normalized spacial score (nSPS) is 16.0. The maximum atomic E-state index is 11.9. The predicted molar refractivity (Wildman–Crippen MR) is 95.9 cm³/mol. The molecule has 0 bridgehead atoms. The van der Waals surface area contributed by atoms with Crippen LogP contribution in [-0.2, 0) is 9.53 Å².